The summed E-state index contributed by atoms with van der Waals surface area (Å²) in [6.07, 6.45) is 1.60. The van der Waals surface area contributed by atoms with Crippen LogP contribution in [-0.2, 0) is 6.42 Å². The minimum absolute atomic E-state index is 0.225. The number of benzene rings is 1. The molecule has 1 rings (SSSR count). The average molecular weight is 258 g/mol. The lowest BCUT2D eigenvalue weighted by Gasteiger charge is -2.19. The lowest BCUT2D eigenvalue weighted by atomic mass is 9.93. The zero-order chi connectivity index (χ0) is 13.2. The number of nitrogens with two attached hydrogens (primary N) is 1. The van der Waals surface area contributed by atoms with Crippen LogP contribution >= 0.6 is 11.6 Å². The molecule has 0 aliphatic rings. The fraction of sp³-hybridized carbons (Fsp3) is 0.571. The Labute approximate surface area is 108 Å². The van der Waals surface area contributed by atoms with E-state index < -0.39 is 0 Å². The largest absolute Gasteiger partial charge is 0.326 e. The third-order valence-corrected chi connectivity index (χ3v) is 3.19. The van der Waals surface area contributed by atoms with Crippen LogP contribution in [0.15, 0.2) is 12.1 Å². The summed E-state index contributed by atoms with van der Waals surface area (Å²) in [5, 5.41) is 0.246. The molecule has 17 heavy (non-hydrogen) atoms. The first-order valence-electron chi connectivity index (χ1n) is 5.97. The van der Waals surface area contributed by atoms with Gasteiger partial charge in [0.2, 0.25) is 0 Å². The Kier molecular flexibility index (Phi) is 4.56. The van der Waals surface area contributed by atoms with Crippen molar-refractivity contribution in [3.8, 4) is 0 Å². The second-order valence-electron chi connectivity index (χ2n) is 5.62. The number of hydrogen-bond donors (Lipinski definition) is 1. The van der Waals surface area contributed by atoms with Gasteiger partial charge in [0.05, 0.1) is 5.02 Å². The van der Waals surface area contributed by atoms with Crippen molar-refractivity contribution < 1.29 is 4.39 Å². The average Bonchev–Trinajstić information content (AvgIpc) is 2.18. The Balaban J connectivity index is 2.95. The summed E-state index contributed by atoms with van der Waals surface area (Å²) in [5.74, 6) is -0.106. The van der Waals surface area contributed by atoms with E-state index in [2.05, 4.69) is 0 Å². The maximum Gasteiger partial charge on any atom is 0.142 e. The van der Waals surface area contributed by atoms with Gasteiger partial charge in [0.15, 0.2) is 0 Å². The second-order valence-corrected chi connectivity index (χ2v) is 6.00. The van der Waals surface area contributed by atoms with E-state index >= 15 is 0 Å². The van der Waals surface area contributed by atoms with Gasteiger partial charge in [-0.1, -0.05) is 31.5 Å². The van der Waals surface area contributed by atoms with Crippen molar-refractivity contribution in [2.24, 2.45) is 5.73 Å². The Morgan fingerprint density at radius 1 is 1.35 bits per heavy atom. The molecule has 0 aliphatic carbocycles. The smallest absolute Gasteiger partial charge is 0.142 e. The predicted octanol–water partition coefficient (Wildman–Crippen LogP) is 4.27. The summed E-state index contributed by atoms with van der Waals surface area (Å²) in [6, 6.07) is 3.50. The van der Waals surface area contributed by atoms with E-state index in [1.807, 2.05) is 33.8 Å². The van der Waals surface area contributed by atoms with Gasteiger partial charge < -0.3 is 5.73 Å². The van der Waals surface area contributed by atoms with Crippen molar-refractivity contribution in [3.63, 3.8) is 0 Å². The first-order chi connectivity index (χ1) is 7.70. The van der Waals surface area contributed by atoms with E-state index in [1.54, 1.807) is 0 Å². The van der Waals surface area contributed by atoms with Crippen molar-refractivity contribution in [2.75, 3.05) is 0 Å². The molecule has 0 bridgehead atoms. The summed E-state index contributed by atoms with van der Waals surface area (Å²) in [4.78, 5) is 0. The maximum absolute atomic E-state index is 13.7. The summed E-state index contributed by atoms with van der Waals surface area (Å²) in [6.45, 7) is 7.97. The normalized spacial score (nSPS) is 12.2. The van der Waals surface area contributed by atoms with Gasteiger partial charge in [-0.05, 0) is 49.8 Å². The van der Waals surface area contributed by atoms with Gasteiger partial charge in [-0.3, -0.25) is 0 Å². The predicted molar refractivity (Wildman–Crippen MR) is 72.1 cm³/mol. The third kappa shape index (κ3) is 4.29. The summed E-state index contributed by atoms with van der Waals surface area (Å²) < 4.78 is 13.7. The lowest BCUT2D eigenvalue weighted by Crippen LogP contribution is -2.32. The van der Waals surface area contributed by atoms with E-state index in [-0.39, 0.29) is 22.3 Å². The van der Waals surface area contributed by atoms with Gasteiger partial charge in [-0.25, -0.2) is 4.39 Å². The molecule has 3 heteroatoms. The fourth-order valence-corrected chi connectivity index (χ4v) is 2.03. The van der Waals surface area contributed by atoms with Gasteiger partial charge in [0.25, 0.3) is 0 Å². The van der Waals surface area contributed by atoms with Crippen LogP contribution < -0.4 is 5.73 Å². The Bertz CT molecular complexity index is 394. The van der Waals surface area contributed by atoms with E-state index in [1.165, 1.54) is 6.07 Å². The van der Waals surface area contributed by atoms with E-state index in [9.17, 15) is 4.39 Å². The molecule has 1 aromatic rings. The summed E-state index contributed by atoms with van der Waals surface area (Å²) >= 11 is 5.95. The highest BCUT2D eigenvalue weighted by molar-refractivity contribution is 6.31. The van der Waals surface area contributed by atoms with Crippen LogP contribution in [0.25, 0.3) is 0 Å². The van der Waals surface area contributed by atoms with Crippen molar-refractivity contribution in [1.29, 1.82) is 0 Å². The topological polar surface area (TPSA) is 26.0 Å². The fourth-order valence-electron chi connectivity index (χ4n) is 1.70. The van der Waals surface area contributed by atoms with Gasteiger partial charge in [-0.15, -0.1) is 0 Å². The standard InChI is InChI=1S/C14H21ClFN/c1-9(2)11-7-10(5-6-14(3,4)17)8-12(16)13(11)15/h7-9H,5-6,17H2,1-4H3. The third-order valence-electron chi connectivity index (χ3n) is 2.80. The highest BCUT2D eigenvalue weighted by atomic mass is 35.5. The van der Waals surface area contributed by atoms with Gasteiger partial charge in [0.1, 0.15) is 5.82 Å². The molecular formula is C14H21ClFN. The molecule has 1 aromatic carbocycles. The van der Waals surface area contributed by atoms with Crippen LogP contribution in [-0.4, -0.2) is 5.54 Å². The Morgan fingerprint density at radius 2 is 1.94 bits per heavy atom. The summed E-state index contributed by atoms with van der Waals surface area (Å²) in [5.41, 5.74) is 7.54. The molecule has 0 spiro atoms. The molecule has 0 atom stereocenters. The number of rotatable bonds is 4. The number of halogens is 2. The monoisotopic (exact) mass is 257 g/mol. The molecule has 0 saturated heterocycles. The second kappa shape index (κ2) is 5.36. The Hall–Kier alpha value is -0.600. The number of aryl methyl sites for hydroxylation is 1. The minimum Gasteiger partial charge on any atom is -0.326 e. The molecule has 0 fully saturated rings. The first-order valence-corrected chi connectivity index (χ1v) is 6.35. The zero-order valence-electron chi connectivity index (χ0n) is 11.0. The highest BCUT2D eigenvalue weighted by Gasteiger charge is 2.14. The highest BCUT2D eigenvalue weighted by Crippen LogP contribution is 2.29. The van der Waals surface area contributed by atoms with Crippen LogP contribution in [0.5, 0.6) is 0 Å². The molecule has 0 saturated carbocycles. The van der Waals surface area contributed by atoms with E-state index in [4.69, 9.17) is 17.3 Å². The van der Waals surface area contributed by atoms with Crippen molar-refractivity contribution >= 4 is 11.6 Å². The van der Waals surface area contributed by atoms with Crippen molar-refractivity contribution in [3.05, 3.63) is 34.1 Å². The zero-order valence-corrected chi connectivity index (χ0v) is 11.7. The van der Waals surface area contributed by atoms with Gasteiger partial charge in [-0.2, -0.15) is 0 Å². The lowest BCUT2D eigenvalue weighted by molar-refractivity contribution is 0.476. The van der Waals surface area contributed by atoms with Crippen LogP contribution in [0.2, 0.25) is 5.02 Å². The van der Waals surface area contributed by atoms with E-state index in [0.29, 0.717) is 0 Å². The molecule has 0 heterocycles. The first kappa shape index (κ1) is 14.5. The minimum atomic E-state index is -0.331. The molecular weight excluding hydrogens is 237 g/mol. The van der Waals surface area contributed by atoms with Crippen molar-refractivity contribution in [1.82, 2.24) is 0 Å². The SMILES string of the molecule is CC(C)c1cc(CCC(C)(C)N)cc(F)c1Cl. The molecule has 0 amide bonds. The molecule has 96 valence electrons. The van der Waals surface area contributed by atoms with Gasteiger partial charge in [0, 0.05) is 5.54 Å². The van der Waals surface area contributed by atoms with Crippen LogP contribution in [0.1, 0.15) is 51.2 Å². The van der Waals surface area contributed by atoms with Crippen LogP contribution in [0.4, 0.5) is 4.39 Å². The summed E-state index contributed by atoms with van der Waals surface area (Å²) in [7, 11) is 0. The van der Waals surface area contributed by atoms with Crippen molar-refractivity contribution in [2.45, 2.75) is 52.0 Å². The Morgan fingerprint density at radius 3 is 2.41 bits per heavy atom. The quantitative estimate of drug-likeness (QED) is 0.856. The molecule has 0 radical (unpaired) electrons. The molecule has 0 aliphatic heterocycles. The molecule has 0 aromatic heterocycles. The van der Waals surface area contributed by atoms with Crippen LogP contribution in [0.3, 0.4) is 0 Å². The van der Waals surface area contributed by atoms with Gasteiger partial charge >= 0.3 is 0 Å². The maximum atomic E-state index is 13.7. The molecule has 2 N–H and O–H groups in total. The number of hydrogen-bond acceptors (Lipinski definition) is 1. The van der Waals surface area contributed by atoms with E-state index in [0.717, 1.165) is 24.0 Å². The van der Waals surface area contributed by atoms with Crippen LogP contribution in [0, 0.1) is 5.82 Å². The molecule has 1 nitrogen and oxygen atoms in total. The molecule has 0 unspecified atom stereocenters.